The van der Waals surface area contributed by atoms with E-state index in [0.29, 0.717) is 16.3 Å². The second-order valence-electron chi connectivity index (χ2n) is 4.41. The summed E-state index contributed by atoms with van der Waals surface area (Å²) in [4.78, 5) is 0. The van der Waals surface area contributed by atoms with Crippen LogP contribution in [0.4, 0.5) is 5.69 Å². The van der Waals surface area contributed by atoms with Crippen molar-refractivity contribution in [1.82, 2.24) is 0 Å². The van der Waals surface area contributed by atoms with Gasteiger partial charge in [-0.05, 0) is 37.3 Å². The molecule has 19 heavy (non-hydrogen) atoms. The van der Waals surface area contributed by atoms with Crippen LogP contribution >= 0.6 is 11.6 Å². The van der Waals surface area contributed by atoms with E-state index in [2.05, 4.69) is 5.32 Å². The van der Waals surface area contributed by atoms with Gasteiger partial charge in [0.25, 0.3) is 0 Å². The molecule has 0 saturated carbocycles. The molecular weight excluding hydrogens is 264 g/mol. The Balaban J connectivity index is 2.07. The molecule has 1 aromatic heterocycles. The first kappa shape index (κ1) is 13.5. The monoisotopic (exact) mass is 276 g/mol. The molecule has 1 unspecified atom stereocenters. The maximum Gasteiger partial charge on any atom is 0.136 e. The third-order valence-electron chi connectivity index (χ3n) is 2.78. The Morgan fingerprint density at radius 1 is 1.47 bits per heavy atom. The summed E-state index contributed by atoms with van der Waals surface area (Å²) in [5.41, 5.74) is 0.0324. The van der Waals surface area contributed by atoms with Crippen molar-refractivity contribution in [2.75, 3.05) is 11.9 Å². The van der Waals surface area contributed by atoms with E-state index in [1.54, 1.807) is 37.3 Å². The number of halogens is 1. The number of nitrogens with zero attached hydrogens (tertiary/aromatic N) is 1. The first-order chi connectivity index (χ1) is 9.03. The molecular formula is C14H13ClN2O2. The molecule has 2 rings (SSSR count). The lowest BCUT2D eigenvalue weighted by Gasteiger charge is -2.22. The van der Waals surface area contributed by atoms with E-state index in [0.717, 1.165) is 5.69 Å². The van der Waals surface area contributed by atoms with Crippen molar-refractivity contribution in [3.05, 3.63) is 52.9 Å². The molecule has 1 heterocycles. The molecule has 0 aliphatic heterocycles. The van der Waals surface area contributed by atoms with Crippen LogP contribution in [0.5, 0.6) is 0 Å². The Morgan fingerprint density at radius 3 is 2.84 bits per heavy atom. The van der Waals surface area contributed by atoms with Gasteiger partial charge in [0.15, 0.2) is 0 Å². The average molecular weight is 277 g/mol. The maximum atomic E-state index is 10.3. The normalized spacial score (nSPS) is 13.6. The summed E-state index contributed by atoms with van der Waals surface area (Å²) in [5.74, 6) is 0.486. The SMILES string of the molecule is CC(O)(CNc1ccc(C#N)c(Cl)c1)c1ccco1. The number of furan rings is 1. The number of hydrogen-bond acceptors (Lipinski definition) is 4. The predicted octanol–water partition coefficient (Wildman–Crippen LogP) is 3.12. The molecule has 0 amide bonds. The Morgan fingerprint density at radius 2 is 2.26 bits per heavy atom. The summed E-state index contributed by atoms with van der Waals surface area (Å²) in [6.45, 7) is 1.92. The van der Waals surface area contributed by atoms with Gasteiger partial charge in [0.2, 0.25) is 0 Å². The lowest BCUT2D eigenvalue weighted by Crippen LogP contribution is -2.30. The molecule has 0 radical (unpaired) electrons. The number of nitriles is 1. The number of rotatable bonds is 4. The predicted molar refractivity (Wildman–Crippen MR) is 72.9 cm³/mol. The summed E-state index contributed by atoms with van der Waals surface area (Å²) in [6.07, 6.45) is 1.52. The molecule has 0 fully saturated rings. The molecule has 98 valence electrons. The number of nitrogens with one attached hydrogen (secondary N) is 1. The molecule has 0 aliphatic carbocycles. The molecule has 2 N–H and O–H groups in total. The first-order valence-electron chi connectivity index (χ1n) is 5.73. The standard InChI is InChI=1S/C14H13ClN2O2/c1-14(18,13-3-2-6-19-13)9-17-11-5-4-10(8-16)12(15)7-11/h2-7,17-18H,9H2,1H3. The van der Waals surface area contributed by atoms with Gasteiger partial charge in [0.05, 0.1) is 23.4 Å². The van der Waals surface area contributed by atoms with Crippen molar-refractivity contribution in [1.29, 1.82) is 5.26 Å². The zero-order chi connectivity index (χ0) is 13.9. The largest absolute Gasteiger partial charge is 0.466 e. The second-order valence-corrected chi connectivity index (χ2v) is 4.82. The Bertz CT molecular complexity index is 600. The third-order valence-corrected chi connectivity index (χ3v) is 3.09. The summed E-state index contributed by atoms with van der Waals surface area (Å²) in [5, 5.41) is 22.5. The fraction of sp³-hybridized carbons (Fsp3) is 0.214. The van der Waals surface area contributed by atoms with E-state index in [4.69, 9.17) is 21.3 Å². The smallest absolute Gasteiger partial charge is 0.136 e. The highest BCUT2D eigenvalue weighted by atomic mass is 35.5. The number of anilines is 1. The molecule has 1 atom stereocenters. The zero-order valence-corrected chi connectivity index (χ0v) is 11.1. The van der Waals surface area contributed by atoms with Crippen LogP contribution in [0.25, 0.3) is 0 Å². The van der Waals surface area contributed by atoms with Gasteiger partial charge < -0.3 is 14.8 Å². The minimum atomic E-state index is -1.12. The van der Waals surface area contributed by atoms with E-state index >= 15 is 0 Å². The van der Waals surface area contributed by atoms with Crippen LogP contribution < -0.4 is 5.32 Å². The van der Waals surface area contributed by atoms with E-state index in [1.165, 1.54) is 6.26 Å². The van der Waals surface area contributed by atoms with Gasteiger partial charge in [0, 0.05) is 5.69 Å². The van der Waals surface area contributed by atoms with Crippen LogP contribution in [0.2, 0.25) is 5.02 Å². The third kappa shape index (κ3) is 3.08. The lowest BCUT2D eigenvalue weighted by molar-refractivity contribution is 0.0476. The highest BCUT2D eigenvalue weighted by Crippen LogP contribution is 2.24. The van der Waals surface area contributed by atoms with E-state index in [1.807, 2.05) is 6.07 Å². The van der Waals surface area contributed by atoms with Crippen molar-refractivity contribution in [2.24, 2.45) is 0 Å². The zero-order valence-electron chi connectivity index (χ0n) is 10.4. The van der Waals surface area contributed by atoms with Gasteiger partial charge in [-0.3, -0.25) is 0 Å². The summed E-state index contributed by atoms with van der Waals surface area (Å²) < 4.78 is 5.19. The first-order valence-corrected chi connectivity index (χ1v) is 6.10. The van der Waals surface area contributed by atoms with Crippen LogP contribution in [0, 0.1) is 11.3 Å². The van der Waals surface area contributed by atoms with Crippen molar-refractivity contribution in [3.63, 3.8) is 0 Å². The number of hydrogen-bond donors (Lipinski definition) is 2. The molecule has 0 bridgehead atoms. The molecule has 0 saturated heterocycles. The van der Waals surface area contributed by atoms with Gasteiger partial charge in [0.1, 0.15) is 17.4 Å². The summed E-state index contributed by atoms with van der Waals surface area (Å²) in [6, 6.07) is 10.5. The van der Waals surface area contributed by atoms with Crippen LogP contribution in [0.3, 0.4) is 0 Å². The summed E-state index contributed by atoms with van der Waals surface area (Å²) >= 11 is 5.94. The van der Waals surface area contributed by atoms with E-state index in [-0.39, 0.29) is 6.54 Å². The minimum Gasteiger partial charge on any atom is -0.466 e. The van der Waals surface area contributed by atoms with Crippen molar-refractivity contribution < 1.29 is 9.52 Å². The van der Waals surface area contributed by atoms with Crippen LogP contribution in [0.1, 0.15) is 18.2 Å². The van der Waals surface area contributed by atoms with Gasteiger partial charge in [-0.25, -0.2) is 0 Å². The van der Waals surface area contributed by atoms with Gasteiger partial charge in [-0.1, -0.05) is 11.6 Å². The van der Waals surface area contributed by atoms with Crippen LogP contribution in [-0.2, 0) is 5.60 Å². The molecule has 5 heteroatoms. The molecule has 0 aliphatic rings. The Labute approximate surface area is 116 Å². The fourth-order valence-corrected chi connectivity index (χ4v) is 1.88. The summed E-state index contributed by atoms with van der Waals surface area (Å²) in [7, 11) is 0. The van der Waals surface area contributed by atoms with Crippen LogP contribution in [0.15, 0.2) is 41.0 Å². The van der Waals surface area contributed by atoms with E-state index < -0.39 is 5.60 Å². The van der Waals surface area contributed by atoms with Crippen molar-refractivity contribution in [3.8, 4) is 6.07 Å². The topological polar surface area (TPSA) is 69.2 Å². The molecule has 2 aromatic rings. The van der Waals surface area contributed by atoms with Crippen molar-refractivity contribution in [2.45, 2.75) is 12.5 Å². The highest BCUT2D eigenvalue weighted by Gasteiger charge is 2.25. The molecule has 0 spiro atoms. The minimum absolute atomic E-state index is 0.267. The quantitative estimate of drug-likeness (QED) is 0.900. The molecule has 1 aromatic carbocycles. The lowest BCUT2D eigenvalue weighted by atomic mass is 10.0. The van der Waals surface area contributed by atoms with Gasteiger partial charge in [-0.2, -0.15) is 5.26 Å². The van der Waals surface area contributed by atoms with Gasteiger partial charge >= 0.3 is 0 Å². The van der Waals surface area contributed by atoms with Gasteiger partial charge in [-0.15, -0.1) is 0 Å². The Kier molecular flexibility index (Phi) is 3.79. The fourth-order valence-electron chi connectivity index (χ4n) is 1.66. The van der Waals surface area contributed by atoms with Crippen LogP contribution in [-0.4, -0.2) is 11.7 Å². The maximum absolute atomic E-state index is 10.3. The van der Waals surface area contributed by atoms with E-state index in [9.17, 15) is 5.11 Å². The average Bonchev–Trinajstić information content (AvgIpc) is 2.91. The number of benzene rings is 1. The molecule has 4 nitrogen and oxygen atoms in total. The highest BCUT2D eigenvalue weighted by molar-refractivity contribution is 6.32. The Hall–Kier alpha value is -1.96. The second kappa shape index (κ2) is 5.35. The van der Waals surface area contributed by atoms with Crippen molar-refractivity contribution >= 4 is 17.3 Å². The number of aliphatic hydroxyl groups is 1.